The third kappa shape index (κ3) is 5.17. The number of ether oxygens (including phenoxy) is 3. The molecule has 0 amide bonds. The number of hydrogen-bond acceptors (Lipinski definition) is 4. The largest absolute Gasteiger partial charge is 0.497 e. The second-order valence-electron chi connectivity index (χ2n) is 3.80. The normalized spacial score (nSPS) is 12.4. The standard InChI is InChI=1S/C13H21NO3/c1-15-7-4-8-17-10-13(14)11-5-3-6-12(9-11)16-2/h3,5-6,9,13H,4,7-8,10,14H2,1-2H3. The van der Waals surface area contributed by atoms with Crippen LogP contribution in [0.25, 0.3) is 0 Å². The number of benzene rings is 1. The molecule has 0 aliphatic carbocycles. The molecule has 0 aliphatic rings. The lowest BCUT2D eigenvalue weighted by Crippen LogP contribution is -2.17. The first-order valence-electron chi connectivity index (χ1n) is 5.74. The summed E-state index contributed by atoms with van der Waals surface area (Å²) in [4.78, 5) is 0. The van der Waals surface area contributed by atoms with Crippen molar-refractivity contribution in [3.05, 3.63) is 29.8 Å². The summed E-state index contributed by atoms with van der Waals surface area (Å²) in [5.74, 6) is 0.817. The van der Waals surface area contributed by atoms with Gasteiger partial charge in [-0.3, -0.25) is 0 Å². The fraction of sp³-hybridized carbons (Fsp3) is 0.538. The van der Waals surface area contributed by atoms with Crippen LogP contribution in [0.1, 0.15) is 18.0 Å². The van der Waals surface area contributed by atoms with Gasteiger partial charge in [0.2, 0.25) is 0 Å². The van der Waals surface area contributed by atoms with Crippen LogP contribution in [0.5, 0.6) is 5.75 Å². The molecule has 4 nitrogen and oxygen atoms in total. The molecule has 0 saturated carbocycles. The Kier molecular flexibility index (Phi) is 6.62. The van der Waals surface area contributed by atoms with E-state index in [9.17, 15) is 0 Å². The third-order valence-electron chi connectivity index (χ3n) is 2.46. The molecule has 0 bridgehead atoms. The molecule has 17 heavy (non-hydrogen) atoms. The molecule has 1 aromatic carbocycles. The summed E-state index contributed by atoms with van der Waals surface area (Å²) in [5, 5.41) is 0. The summed E-state index contributed by atoms with van der Waals surface area (Å²) in [7, 11) is 3.33. The van der Waals surface area contributed by atoms with Crippen molar-refractivity contribution >= 4 is 0 Å². The van der Waals surface area contributed by atoms with Crippen LogP contribution >= 0.6 is 0 Å². The topological polar surface area (TPSA) is 53.7 Å². The van der Waals surface area contributed by atoms with Crippen LogP contribution in [0, 0.1) is 0 Å². The molecule has 96 valence electrons. The van der Waals surface area contributed by atoms with Gasteiger partial charge in [-0.05, 0) is 24.1 Å². The maximum atomic E-state index is 6.02. The van der Waals surface area contributed by atoms with Crippen LogP contribution < -0.4 is 10.5 Å². The van der Waals surface area contributed by atoms with E-state index in [1.165, 1.54) is 0 Å². The third-order valence-corrected chi connectivity index (χ3v) is 2.46. The Morgan fingerprint density at radius 1 is 1.24 bits per heavy atom. The van der Waals surface area contributed by atoms with Crippen LogP contribution in [-0.2, 0) is 9.47 Å². The van der Waals surface area contributed by atoms with E-state index in [-0.39, 0.29) is 6.04 Å². The molecule has 0 fully saturated rings. The Morgan fingerprint density at radius 3 is 2.76 bits per heavy atom. The summed E-state index contributed by atoms with van der Waals surface area (Å²) < 4.78 is 15.6. The van der Waals surface area contributed by atoms with Gasteiger partial charge in [-0.25, -0.2) is 0 Å². The molecule has 1 unspecified atom stereocenters. The predicted molar refractivity (Wildman–Crippen MR) is 67.2 cm³/mol. The SMILES string of the molecule is COCCCOCC(N)c1cccc(OC)c1. The average Bonchev–Trinajstić information content (AvgIpc) is 2.38. The average molecular weight is 239 g/mol. The van der Waals surface area contributed by atoms with Crippen molar-refractivity contribution in [3.63, 3.8) is 0 Å². The van der Waals surface area contributed by atoms with Gasteiger partial charge in [0.05, 0.1) is 19.8 Å². The summed E-state index contributed by atoms with van der Waals surface area (Å²) in [6.45, 7) is 1.90. The number of hydrogen-bond donors (Lipinski definition) is 1. The van der Waals surface area contributed by atoms with Crippen molar-refractivity contribution in [2.24, 2.45) is 5.73 Å². The maximum absolute atomic E-state index is 6.02. The van der Waals surface area contributed by atoms with E-state index in [0.717, 1.165) is 17.7 Å². The highest BCUT2D eigenvalue weighted by molar-refractivity contribution is 5.30. The summed E-state index contributed by atoms with van der Waals surface area (Å²) in [5.41, 5.74) is 7.05. The molecule has 0 heterocycles. The zero-order valence-electron chi connectivity index (χ0n) is 10.5. The molecule has 2 N–H and O–H groups in total. The lowest BCUT2D eigenvalue weighted by molar-refractivity contribution is 0.0940. The lowest BCUT2D eigenvalue weighted by atomic mass is 10.1. The van der Waals surface area contributed by atoms with Gasteiger partial charge in [0.15, 0.2) is 0 Å². The van der Waals surface area contributed by atoms with Crippen molar-refractivity contribution < 1.29 is 14.2 Å². The molecule has 0 saturated heterocycles. The van der Waals surface area contributed by atoms with Gasteiger partial charge in [0.25, 0.3) is 0 Å². The smallest absolute Gasteiger partial charge is 0.119 e. The Balaban J connectivity index is 2.33. The molecular formula is C13H21NO3. The quantitative estimate of drug-likeness (QED) is 0.702. The van der Waals surface area contributed by atoms with Crippen molar-refractivity contribution in [1.29, 1.82) is 0 Å². The first kappa shape index (κ1) is 14.0. The fourth-order valence-electron chi connectivity index (χ4n) is 1.48. The van der Waals surface area contributed by atoms with E-state index >= 15 is 0 Å². The molecule has 0 aliphatic heterocycles. The van der Waals surface area contributed by atoms with Gasteiger partial charge >= 0.3 is 0 Å². The minimum absolute atomic E-state index is 0.118. The van der Waals surface area contributed by atoms with E-state index in [1.807, 2.05) is 24.3 Å². The maximum Gasteiger partial charge on any atom is 0.119 e. The van der Waals surface area contributed by atoms with Crippen molar-refractivity contribution in [3.8, 4) is 5.75 Å². The molecule has 4 heteroatoms. The molecule has 0 radical (unpaired) electrons. The van der Waals surface area contributed by atoms with Crippen molar-refractivity contribution in [1.82, 2.24) is 0 Å². The molecule has 1 aromatic rings. The highest BCUT2D eigenvalue weighted by Gasteiger charge is 2.06. The van der Waals surface area contributed by atoms with Gasteiger partial charge in [0.1, 0.15) is 5.75 Å². The second kappa shape index (κ2) is 8.06. The van der Waals surface area contributed by atoms with Gasteiger partial charge in [0, 0.05) is 20.3 Å². The van der Waals surface area contributed by atoms with Crippen LogP contribution in [0.4, 0.5) is 0 Å². The lowest BCUT2D eigenvalue weighted by Gasteiger charge is -2.13. The number of rotatable bonds is 8. The first-order valence-corrected chi connectivity index (χ1v) is 5.74. The Morgan fingerprint density at radius 2 is 2.06 bits per heavy atom. The van der Waals surface area contributed by atoms with Gasteiger partial charge in [-0.15, -0.1) is 0 Å². The van der Waals surface area contributed by atoms with Gasteiger partial charge < -0.3 is 19.9 Å². The number of methoxy groups -OCH3 is 2. The van der Waals surface area contributed by atoms with Gasteiger partial charge in [-0.1, -0.05) is 12.1 Å². The number of nitrogens with two attached hydrogens (primary N) is 1. The first-order chi connectivity index (χ1) is 8.27. The van der Waals surface area contributed by atoms with Crippen LogP contribution in [0.3, 0.4) is 0 Å². The Labute approximate surface area is 103 Å². The van der Waals surface area contributed by atoms with Crippen LogP contribution in [0.2, 0.25) is 0 Å². The Hall–Kier alpha value is -1.10. The van der Waals surface area contributed by atoms with Crippen molar-refractivity contribution in [2.45, 2.75) is 12.5 Å². The minimum Gasteiger partial charge on any atom is -0.497 e. The van der Waals surface area contributed by atoms with Crippen LogP contribution in [-0.4, -0.2) is 34.0 Å². The van der Waals surface area contributed by atoms with E-state index in [1.54, 1.807) is 14.2 Å². The molecule has 1 rings (SSSR count). The summed E-state index contributed by atoms with van der Waals surface area (Å²) >= 11 is 0. The monoisotopic (exact) mass is 239 g/mol. The van der Waals surface area contributed by atoms with E-state index < -0.39 is 0 Å². The summed E-state index contributed by atoms with van der Waals surface area (Å²) in [6, 6.07) is 7.62. The molecular weight excluding hydrogens is 218 g/mol. The predicted octanol–water partition coefficient (Wildman–Crippen LogP) is 1.75. The summed E-state index contributed by atoms with van der Waals surface area (Å²) in [6.07, 6.45) is 0.890. The fourth-order valence-corrected chi connectivity index (χ4v) is 1.48. The van der Waals surface area contributed by atoms with E-state index in [4.69, 9.17) is 19.9 Å². The molecule has 0 spiro atoms. The molecule has 1 atom stereocenters. The van der Waals surface area contributed by atoms with E-state index in [0.29, 0.717) is 19.8 Å². The molecule has 0 aromatic heterocycles. The van der Waals surface area contributed by atoms with E-state index in [2.05, 4.69) is 0 Å². The van der Waals surface area contributed by atoms with Crippen LogP contribution in [0.15, 0.2) is 24.3 Å². The zero-order chi connectivity index (χ0) is 12.5. The second-order valence-corrected chi connectivity index (χ2v) is 3.80. The minimum atomic E-state index is -0.118. The van der Waals surface area contributed by atoms with Crippen molar-refractivity contribution in [2.75, 3.05) is 34.0 Å². The highest BCUT2D eigenvalue weighted by Crippen LogP contribution is 2.17. The Bertz CT molecular complexity index is 317. The highest BCUT2D eigenvalue weighted by atomic mass is 16.5. The zero-order valence-corrected chi connectivity index (χ0v) is 10.5. The van der Waals surface area contributed by atoms with Gasteiger partial charge in [-0.2, -0.15) is 0 Å².